The fraction of sp³-hybridized carbons (Fsp3) is 0.231. The molecule has 0 spiro atoms. The van der Waals surface area contributed by atoms with Crippen LogP contribution in [0.4, 0.5) is 28.4 Å². The molecule has 85 heavy (non-hydrogen) atoms. The van der Waals surface area contributed by atoms with Gasteiger partial charge in [0.15, 0.2) is 0 Å². The van der Waals surface area contributed by atoms with Gasteiger partial charge in [-0.25, -0.2) is 9.83 Å². The first kappa shape index (κ1) is 52.8. The van der Waals surface area contributed by atoms with Crippen molar-refractivity contribution in [1.82, 2.24) is 9.55 Å². The van der Waals surface area contributed by atoms with E-state index < -0.39 is 11.8 Å². The van der Waals surface area contributed by atoms with E-state index in [1.54, 1.807) is 11.3 Å². The summed E-state index contributed by atoms with van der Waals surface area (Å²) in [6.45, 7) is 34.9. The molecule has 0 bridgehead atoms. The van der Waals surface area contributed by atoms with Crippen molar-refractivity contribution < 1.29 is 7.48 Å². The largest absolute Gasteiger partial charge is 0.457 e. The van der Waals surface area contributed by atoms with E-state index in [1.807, 2.05) is 51.2 Å². The molecule has 13 rings (SSSR count). The molecule has 0 radical (unpaired) electrons. The van der Waals surface area contributed by atoms with Crippen LogP contribution in [0.25, 0.3) is 86.0 Å². The van der Waals surface area contributed by atoms with Crippen molar-refractivity contribution in [1.29, 1.82) is 0 Å². The molecule has 0 atom stereocenters. The molecular weight excluding hydrogens is 1050 g/mol. The molecule has 0 aliphatic carbocycles. The van der Waals surface area contributed by atoms with Crippen molar-refractivity contribution in [3.8, 4) is 50.7 Å². The maximum absolute atomic E-state index is 10.1. The summed E-state index contributed by atoms with van der Waals surface area (Å²) in [6.07, 6.45) is 0.111. The van der Waals surface area contributed by atoms with Gasteiger partial charge in [-0.05, 0) is 138 Å². The number of pyridine rings is 1. The van der Waals surface area contributed by atoms with Gasteiger partial charge in [0.05, 0.1) is 34.7 Å². The summed E-state index contributed by atoms with van der Waals surface area (Å²) in [6, 6.07) is 68.8. The second kappa shape index (κ2) is 20.7. The lowest BCUT2D eigenvalue weighted by molar-refractivity contribution is 0.411. The molecule has 1 aliphatic rings. The van der Waals surface area contributed by atoms with E-state index in [0.29, 0.717) is 35.2 Å². The Morgan fingerprint density at radius 3 is 1.72 bits per heavy atom. The zero-order valence-electron chi connectivity index (χ0n) is 52.8. The van der Waals surface area contributed by atoms with Crippen LogP contribution in [0.5, 0.6) is 11.5 Å². The zero-order valence-corrected chi connectivity index (χ0v) is 51.6. The minimum absolute atomic E-state index is 0.0934. The third-order valence-corrected chi connectivity index (χ3v) is 17.9. The molecule has 0 amide bonds. The van der Waals surface area contributed by atoms with Gasteiger partial charge >= 0.3 is 0 Å². The van der Waals surface area contributed by atoms with Crippen molar-refractivity contribution in [3.63, 3.8) is 0 Å². The van der Waals surface area contributed by atoms with Crippen molar-refractivity contribution in [2.24, 2.45) is 5.41 Å². The lowest BCUT2D eigenvalue weighted by Crippen LogP contribution is -2.25. The van der Waals surface area contributed by atoms with Gasteiger partial charge in [0.25, 0.3) is 0 Å². The average Bonchev–Trinajstić information content (AvgIpc) is 1.65. The van der Waals surface area contributed by atoms with Crippen LogP contribution in [0.3, 0.4) is 0 Å². The second-order valence-electron chi connectivity index (χ2n) is 27.0. The van der Waals surface area contributed by atoms with E-state index in [2.05, 4.69) is 251 Å². The van der Waals surface area contributed by atoms with Crippen molar-refractivity contribution in [2.45, 2.75) is 106 Å². The Hall–Kier alpha value is -8.96. The predicted octanol–water partition coefficient (Wildman–Crippen LogP) is 22.6. The molecule has 0 saturated carbocycles. The highest BCUT2D eigenvalue weighted by atomic mass is 32.1. The predicted molar refractivity (Wildman–Crippen MR) is 362 cm³/mol. The third kappa shape index (κ3) is 10.2. The van der Waals surface area contributed by atoms with E-state index in [1.165, 1.54) is 27.8 Å². The molecule has 422 valence electrons. The molecule has 0 unspecified atom stereocenters. The average molecular weight is 1130 g/mol. The second-order valence-corrected chi connectivity index (χ2v) is 28.0. The van der Waals surface area contributed by atoms with Gasteiger partial charge in [0.2, 0.25) is 5.69 Å². The van der Waals surface area contributed by atoms with Gasteiger partial charge in [0.1, 0.15) is 24.0 Å². The van der Waals surface area contributed by atoms with E-state index in [-0.39, 0.29) is 16.2 Å². The number of benzene rings is 9. The Morgan fingerprint density at radius 1 is 0.518 bits per heavy atom. The highest BCUT2D eigenvalue weighted by Crippen LogP contribution is 2.53. The first-order valence-electron chi connectivity index (χ1n) is 30.6. The van der Waals surface area contributed by atoms with Gasteiger partial charge in [-0.15, -0.1) is 11.3 Å². The summed E-state index contributed by atoms with van der Waals surface area (Å²) in [4.78, 5) is 14.2. The fourth-order valence-corrected chi connectivity index (χ4v) is 13.5. The Kier molecular flexibility index (Phi) is 12.8. The van der Waals surface area contributed by atoms with Gasteiger partial charge in [-0.2, -0.15) is 0 Å². The number of fused-ring (bicyclic) bond motifs is 8. The van der Waals surface area contributed by atoms with Crippen LogP contribution in [-0.4, -0.2) is 16.2 Å². The topological polar surface area (TPSA) is 37.9 Å². The number of hydrogen-bond acceptors (Lipinski definition) is 5. The first-order valence-corrected chi connectivity index (χ1v) is 30.4. The number of nitrogens with zero attached hydrogens (tertiary/aromatic N) is 5. The zero-order chi connectivity index (χ0) is 61.1. The Labute approximate surface area is 508 Å². The summed E-state index contributed by atoms with van der Waals surface area (Å²) in [5, 5.41) is 4.18. The molecule has 3 aromatic heterocycles. The lowest BCUT2D eigenvalue weighted by atomic mass is 9.78. The van der Waals surface area contributed by atoms with Crippen molar-refractivity contribution in [3.05, 3.63) is 234 Å². The minimum atomic E-state index is -1.79. The third-order valence-electron chi connectivity index (χ3n) is 16.6. The number of hydrogen-bond donors (Lipinski definition) is 0. The number of thiophene rings is 1. The van der Waals surface area contributed by atoms with Crippen LogP contribution in [0.15, 0.2) is 200 Å². The molecule has 7 heteroatoms. The SMILES string of the molecule is [2H]C([2H])(c1cc(-n2c3cc(Oc4cccc(N5CN(c6c(-c7ccccc7)cc(C(C)(C)C)cc6-c6ccccc6)c6ccccc65)c4)ccc3c3c4sc5c([N+]#[C-])cccc5c4ccc32)ncc1-c1cc(C(C)(C)C)cc(C(C)(C)C)c1)C(C)(C)C. The number of aromatic nitrogens is 2. The van der Waals surface area contributed by atoms with Crippen molar-refractivity contribution >= 4 is 81.8 Å². The molecule has 9 aromatic carbocycles. The van der Waals surface area contributed by atoms with Crippen LogP contribution >= 0.6 is 11.3 Å². The molecule has 12 aromatic rings. The van der Waals surface area contributed by atoms with Crippen LogP contribution in [-0.2, 0) is 22.6 Å². The molecule has 6 nitrogen and oxygen atoms in total. The molecule has 1 aliphatic heterocycles. The smallest absolute Gasteiger partial charge is 0.204 e. The molecule has 0 N–H and O–H groups in total. The quantitative estimate of drug-likeness (QED) is 0.135. The number of ether oxygens (including phenoxy) is 1. The number of anilines is 4. The maximum Gasteiger partial charge on any atom is 0.204 e. The minimum Gasteiger partial charge on any atom is -0.457 e. The molecular formula is C78H73N5OS. The van der Waals surface area contributed by atoms with E-state index in [0.717, 1.165) is 87.0 Å². The van der Waals surface area contributed by atoms with E-state index >= 15 is 0 Å². The monoisotopic (exact) mass is 1130 g/mol. The first-order chi connectivity index (χ1) is 41.4. The summed E-state index contributed by atoms with van der Waals surface area (Å²) in [5.74, 6) is 1.93. The fourth-order valence-electron chi connectivity index (χ4n) is 12.2. The Morgan fingerprint density at radius 2 is 1.09 bits per heavy atom. The molecule has 0 fully saturated rings. The standard InChI is InChI=1S/C78H73N5OS/c1-75(2,3)46-52-40-70(80-47-64(52)51-38-53(76(4,5)6)41-54(39-51)77(7,8)9)83-68-37-36-60-59-30-23-31-65(79-13)73(59)85-74(60)71(68)61-35-34-58(45-69(61)83)84-57-29-22-28-56(44-57)81-48-82(67-33-21-20-32-66(67)81)72-62(49-24-16-14-17-25-49)42-55(78(10,11)12)43-63(72)50-26-18-15-19-27-50/h14-45,47H,46,48H2,1-12H3/i46D2. The van der Waals surface area contributed by atoms with Gasteiger partial charge < -0.3 is 14.5 Å². The summed E-state index contributed by atoms with van der Waals surface area (Å²) >= 11 is 1.65. The highest BCUT2D eigenvalue weighted by molar-refractivity contribution is 7.27. The summed E-state index contributed by atoms with van der Waals surface area (Å²) in [5.41, 5.74) is 16.3. The van der Waals surface area contributed by atoms with Crippen LogP contribution in [0.1, 0.15) is 108 Å². The van der Waals surface area contributed by atoms with Crippen LogP contribution < -0.4 is 14.5 Å². The van der Waals surface area contributed by atoms with Gasteiger partial charge in [0, 0.05) is 63.6 Å². The van der Waals surface area contributed by atoms with E-state index in [9.17, 15) is 2.74 Å². The highest BCUT2D eigenvalue weighted by Gasteiger charge is 2.33. The van der Waals surface area contributed by atoms with Crippen LogP contribution in [0.2, 0.25) is 0 Å². The number of para-hydroxylation sites is 2. The Bertz CT molecular complexity index is 4640. The van der Waals surface area contributed by atoms with Crippen LogP contribution in [0, 0.1) is 12.0 Å². The maximum atomic E-state index is 10.1. The van der Waals surface area contributed by atoms with E-state index in [4.69, 9.17) is 16.3 Å². The van der Waals surface area contributed by atoms with Gasteiger partial charge in [-0.1, -0.05) is 204 Å². The molecule has 0 saturated heterocycles. The Balaban J connectivity index is 0.958. The lowest BCUT2D eigenvalue weighted by Gasteiger charge is -2.30. The van der Waals surface area contributed by atoms with Gasteiger partial charge in [-0.3, -0.25) is 4.57 Å². The summed E-state index contributed by atoms with van der Waals surface area (Å²) < 4.78 is 31.4. The summed E-state index contributed by atoms with van der Waals surface area (Å²) in [7, 11) is 0. The number of rotatable bonds is 9. The van der Waals surface area contributed by atoms with Crippen molar-refractivity contribution in [2.75, 3.05) is 16.5 Å². The molecule has 4 heterocycles. The normalized spacial score (nSPS) is 13.6.